The molecule has 1 aromatic rings. The third-order valence-electron chi connectivity index (χ3n) is 2.80. The third-order valence-corrected chi connectivity index (χ3v) is 3.54. The lowest BCUT2D eigenvalue weighted by Gasteiger charge is -2.35. The standard InChI is InChI=1S/C11H13Cl2N3O/c1-16(8-5-14-6-8)11(17)15-7-2-3-9(12)10(13)4-7/h2-4,8,14H,5-6H2,1H3,(H,15,17). The molecule has 1 aromatic carbocycles. The average Bonchev–Trinajstić information content (AvgIpc) is 2.21. The van der Waals surface area contributed by atoms with Crippen LogP contribution in [-0.2, 0) is 0 Å². The predicted octanol–water partition coefficient (Wildman–Crippen LogP) is 2.43. The fourth-order valence-corrected chi connectivity index (χ4v) is 1.80. The zero-order chi connectivity index (χ0) is 12.4. The Labute approximate surface area is 110 Å². The van der Waals surface area contributed by atoms with Gasteiger partial charge in [-0.3, -0.25) is 0 Å². The Bertz CT molecular complexity index is 435. The number of carbonyl (C=O) groups excluding carboxylic acids is 1. The highest BCUT2D eigenvalue weighted by molar-refractivity contribution is 6.42. The number of nitrogens with one attached hydrogen (secondary N) is 2. The van der Waals surface area contributed by atoms with Crippen LogP contribution in [0.25, 0.3) is 0 Å². The number of rotatable bonds is 2. The molecule has 2 amide bonds. The first-order chi connectivity index (χ1) is 8.08. The van der Waals surface area contributed by atoms with Gasteiger partial charge in [0.05, 0.1) is 16.1 Å². The van der Waals surface area contributed by atoms with Crippen LogP contribution in [0.2, 0.25) is 10.0 Å². The van der Waals surface area contributed by atoms with Crippen molar-refractivity contribution in [1.29, 1.82) is 0 Å². The Hall–Kier alpha value is -0.970. The molecule has 1 fully saturated rings. The lowest BCUT2D eigenvalue weighted by molar-refractivity contribution is 0.180. The van der Waals surface area contributed by atoms with E-state index in [1.165, 1.54) is 0 Å². The number of halogens is 2. The molecular formula is C11H13Cl2N3O. The zero-order valence-corrected chi connectivity index (χ0v) is 10.8. The molecular weight excluding hydrogens is 261 g/mol. The fourth-order valence-electron chi connectivity index (χ4n) is 1.50. The summed E-state index contributed by atoms with van der Waals surface area (Å²) in [5.41, 5.74) is 0.642. The molecule has 0 bridgehead atoms. The van der Waals surface area contributed by atoms with Crippen LogP contribution in [0.3, 0.4) is 0 Å². The summed E-state index contributed by atoms with van der Waals surface area (Å²) in [6.07, 6.45) is 0. The van der Waals surface area contributed by atoms with E-state index in [2.05, 4.69) is 10.6 Å². The van der Waals surface area contributed by atoms with Crippen molar-refractivity contribution in [2.75, 3.05) is 25.5 Å². The SMILES string of the molecule is CN(C(=O)Nc1ccc(Cl)c(Cl)c1)C1CNC1. The van der Waals surface area contributed by atoms with Gasteiger partial charge in [-0.25, -0.2) is 4.79 Å². The van der Waals surface area contributed by atoms with Gasteiger partial charge in [0.2, 0.25) is 0 Å². The van der Waals surface area contributed by atoms with Crippen LogP contribution in [0.5, 0.6) is 0 Å². The number of hydrogen-bond donors (Lipinski definition) is 2. The van der Waals surface area contributed by atoms with E-state index in [9.17, 15) is 4.79 Å². The molecule has 1 saturated heterocycles. The van der Waals surface area contributed by atoms with E-state index in [0.717, 1.165) is 13.1 Å². The normalized spacial score (nSPS) is 15.2. The van der Waals surface area contributed by atoms with Crippen molar-refractivity contribution in [1.82, 2.24) is 10.2 Å². The maximum atomic E-state index is 11.9. The minimum absolute atomic E-state index is 0.144. The van der Waals surface area contributed by atoms with E-state index in [1.807, 2.05) is 0 Å². The first kappa shape index (κ1) is 12.5. The molecule has 0 atom stereocenters. The molecule has 1 aliphatic rings. The van der Waals surface area contributed by atoms with Crippen LogP contribution >= 0.6 is 23.2 Å². The Morgan fingerprint density at radius 3 is 2.65 bits per heavy atom. The second-order valence-electron chi connectivity index (χ2n) is 3.98. The van der Waals surface area contributed by atoms with E-state index >= 15 is 0 Å². The summed E-state index contributed by atoms with van der Waals surface area (Å²) in [6, 6.07) is 5.13. The number of benzene rings is 1. The number of hydrogen-bond acceptors (Lipinski definition) is 2. The highest BCUT2D eigenvalue weighted by Gasteiger charge is 2.25. The highest BCUT2D eigenvalue weighted by Crippen LogP contribution is 2.25. The molecule has 17 heavy (non-hydrogen) atoms. The summed E-state index contributed by atoms with van der Waals surface area (Å²) in [6.45, 7) is 1.68. The molecule has 2 N–H and O–H groups in total. The fraction of sp³-hybridized carbons (Fsp3) is 0.364. The van der Waals surface area contributed by atoms with Crippen LogP contribution < -0.4 is 10.6 Å². The van der Waals surface area contributed by atoms with Crippen LogP contribution in [0.1, 0.15) is 0 Å². The number of anilines is 1. The average molecular weight is 274 g/mol. The first-order valence-electron chi connectivity index (χ1n) is 5.27. The summed E-state index contributed by atoms with van der Waals surface area (Å²) in [5.74, 6) is 0. The van der Waals surface area contributed by atoms with Crippen molar-refractivity contribution in [3.63, 3.8) is 0 Å². The van der Waals surface area contributed by atoms with Crippen molar-refractivity contribution < 1.29 is 4.79 Å². The van der Waals surface area contributed by atoms with E-state index in [0.29, 0.717) is 15.7 Å². The molecule has 2 rings (SSSR count). The topological polar surface area (TPSA) is 44.4 Å². The third kappa shape index (κ3) is 2.83. The maximum absolute atomic E-state index is 11.9. The van der Waals surface area contributed by atoms with Gasteiger partial charge in [-0.05, 0) is 18.2 Å². The molecule has 1 heterocycles. The smallest absolute Gasteiger partial charge is 0.321 e. The van der Waals surface area contributed by atoms with E-state index in [-0.39, 0.29) is 12.1 Å². The number of carbonyl (C=O) groups is 1. The second-order valence-corrected chi connectivity index (χ2v) is 4.80. The summed E-state index contributed by atoms with van der Waals surface area (Å²) in [4.78, 5) is 13.5. The zero-order valence-electron chi connectivity index (χ0n) is 9.34. The summed E-state index contributed by atoms with van der Waals surface area (Å²) in [5, 5.41) is 6.79. The van der Waals surface area contributed by atoms with Gasteiger partial charge in [-0.15, -0.1) is 0 Å². The molecule has 0 spiro atoms. The molecule has 1 aliphatic heterocycles. The summed E-state index contributed by atoms with van der Waals surface area (Å²) < 4.78 is 0. The van der Waals surface area contributed by atoms with Gasteiger partial charge in [0.1, 0.15) is 0 Å². The monoisotopic (exact) mass is 273 g/mol. The molecule has 0 radical (unpaired) electrons. The molecule has 92 valence electrons. The van der Waals surface area contributed by atoms with Gasteiger partial charge in [-0.1, -0.05) is 23.2 Å². The number of nitrogens with zero attached hydrogens (tertiary/aromatic N) is 1. The minimum Gasteiger partial charge on any atom is -0.322 e. The van der Waals surface area contributed by atoms with Crippen molar-refractivity contribution in [2.24, 2.45) is 0 Å². The van der Waals surface area contributed by atoms with Gasteiger partial charge < -0.3 is 15.5 Å². The van der Waals surface area contributed by atoms with Crippen LogP contribution in [0, 0.1) is 0 Å². The molecule has 0 saturated carbocycles. The maximum Gasteiger partial charge on any atom is 0.321 e. The number of amides is 2. The summed E-state index contributed by atoms with van der Waals surface area (Å²) in [7, 11) is 1.78. The van der Waals surface area contributed by atoms with Gasteiger partial charge >= 0.3 is 6.03 Å². The number of likely N-dealkylation sites (N-methyl/N-ethyl adjacent to an activating group) is 1. The Balaban J connectivity index is 1.99. The molecule has 0 unspecified atom stereocenters. The molecule has 4 nitrogen and oxygen atoms in total. The van der Waals surface area contributed by atoms with Crippen molar-refractivity contribution in [3.05, 3.63) is 28.2 Å². The van der Waals surface area contributed by atoms with Crippen LogP contribution in [0.15, 0.2) is 18.2 Å². The first-order valence-corrected chi connectivity index (χ1v) is 6.03. The van der Waals surface area contributed by atoms with Gasteiger partial charge in [0.15, 0.2) is 0 Å². The lowest BCUT2D eigenvalue weighted by atomic mass is 10.1. The molecule has 0 aliphatic carbocycles. The Morgan fingerprint density at radius 1 is 1.41 bits per heavy atom. The van der Waals surface area contributed by atoms with E-state index in [1.54, 1.807) is 30.1 Å². The number of urea groups is 1. The second kappa shape index (κ2) is 5.12. The quantitative estimate of drug-likeness (QED) is 0.870. The predicted molar refractivity (Wildman–Crippen MR) is 69.9 cm³/mol. The largest absolute Gasteiger partial charge is 0.322 e. The van der Waals surface area contributed by atoms with Gasteiger partial charge in [0.25, 0.3) is 0 Å². The van der Waals surface area contributed by atoms with Gasteiger partial charge in [0, 0.05) is 25.8 Å². The van der Waals surface area contributed by atoms with E-state index in [4.69, 9.17) is 23.2 Å². The van der Waals surface area contributed by atoms with Crippen LogP contribution in [0.4, 0.5) is 10.5 Å². The Kier molecular flexibility index (Phi) is 3.76. The van der Waals surface area contributed by atoms with Crippen molar-refractivity contribution in [3.8, 4) is 0 Å². The molecule has 6 heteroatoms. The lowest BCUT2D eigenvalue weighted by Crippen LogP contribution is -2.58. The summed E-state index contributed by atoms with van der Waals surface area (Å²) >= 11 is 11.7. The van der Waals surface area contributed by atoms with Crippen LogP contribution in [-0.4, -0.2) is 37.1 Å². The molecule has 0 aromatic heterocycles. The van der Waals surface area contributed by atoms with E-state index < -0.39 is 0 Å². The Morgan fingerprint density at radius 2 is 2.12 bits per heavy atom. The minimum atomic E-state index is -0.144. The highest BCUT2D eigenvalue weighted by atomic mass is 35.5. The van der Waals surface area contributed by atoms with Gasteiger partial charge in [-0.2, -0.15) is 0 Å². The van der Waals surface area contributed by atoms with Crippen molar-refractivity contribution >= 4 is 34.9 Å². The van der Waals surface area contributed by atoms with Crippen molar-refractivity contribution in [2.45, 2.75) is 6.04 Å².